The molecule has 0 amide bonds. The predicted molar refractivity (Wildman–Crippen MR) is 81.2 cm³/mol. The summed E-state index contributed by atoms with van der Waals surface area (Å²) in [7, 11) is 1.55. The Bertz CT molecular complexity index is 728. The van der Waals surface area contributed by atoms with Crippen molar-refractivity contribution in [1.29, 1.82) is 0 Å². The van der Waals surface area contributed by atoms with Crippen molar-refractivity contribution in [2.75, 3.05) is 7.11 Å². The summed E-state index contributed by atoms with van der Waals surface area (Å²) < 4.78 is 5.08. The average Bonchev–Trinajstić information content (AvgIpc) is 3.01. The largest absolute Gasteiger partial charge is 0.480 e. The van der Waals surface area contributed by atoms with Crippen molar-refractivity contribution in [3.05, 3.63) is 52.4 Å². The Morgan fingerprint density at radius 2 is 2.05 bits per heavy atom. The molecule has 3 rings (SSSR count). The maximum atomic E-state index is 6.15. The fraction of sp³-hybridized carbons (Fsp3) is 0.0667. The first-order valence-electron chi connectivity index (χ1n) is 5.90. The van der Waals surface area contributed by atoms with Crippen LogP contribution in [0.4, 0.5) is 0 Å². The van der Waals surface area contributed by atoms with E-state index in [0.29, 0.717) is 10.9 Å². The molecule has 0 unspecified atom stereocenters. The van der Waals surface area contributed by atoms with Gasteiger partial charge in [0.25, 0.3) is 0 Å². The highest BCUT2D eigenvalue weighted by atomic mass is 35.5. The molecule has 5 heteroatoms. The highest BCUT2D eigenvalue weighted by Crippen LogP contribution is 2.34. The van der Waals surface area contributed by atoms with Crippen molar-refractivity contribution in [3.8, 4) is 28.3 Å². The van der Waals surface area contributed by atoms with Gasteiger partial charge in [-0.1, -0.05) is 35.9 Å². The number of methoxy groups -OCH3 is 1. The molecule has 99 valence electrons. The number of thiazole rings is 1. The van der Waals surface area contributed by atoms with Crippen LogP contribution in [0, 0.1) is 5.51 Å². The number of hydrogen-bond donors (Lipinski definition) is 0. The van der Waals surface area contributed by atoms with Crippen LogP contribution in [0.15, 0.2) is 41.9 Å². The van der Waals surface area contributed by atoms with Crippen LogP contribution < -0.4 is 4.74 Å². The van der Waals surface area contributed by atoms with Crippen LogP contribution in [0.3, 0.4) is 0 Å². The van der Waals surface area contributed by atoms with Crippen LogP contribution in [-0.2, 0) is 0 Å². The molecule has 0 aliphatic rings. The quantitative estimate of drug-likeness (QED) is 0.722. The Balaban J connectivity index is 2.13. The molecule has 1 aromatic carbocycles. The fourth-order valence-corrected chi connectivity index (χ4v) is 2.73. The molecular formula is C15H10ClN2OS. The van der Waals surface area contributed by atoms with Gasteiger partial charge in [0.15, 0.2) is 5.51 Å². The second kappa shape index (κ2) is 5.61. The van der Waals surface area contributed by atoms with Crippen LogP contribution in [0.25, 0.3) is 22.4 Å². The van der Waals surface area contributed by atoms with E-state index in [1.54, 1.807) is 13.3 Å². The molecule has 0 atom stereocenters. The van der Waals surface area contributed by atoms with E-state index in [0.717, 1.165) is 22.4 Å². The van der Waals surface area contributed by atoms with Crippen molar-refractivity contribution in [2.24, 2.45) is 0 Å². The van der Waals surface area contributed by atoms with Crippen LogP contribution in [0.5, 0.6) is 5.88 Å². The second-order valence-corrected chi connectivity index (χ2v) is 5.15. The molecule has 0 saturated carbocycles. The smallest absolute Gasteiger partial charge is 0.232 e. The first-order chi connectivity index (χ1) is 9.79. The van der Waals surface area contributed by atoms with E-state index in [4.69, 9.17) is 16.3 Å². The Hall–Kier alpha value is -1.91. The fourth-order valence-electron chi connectivity index (χ4n) is 1.99. The van der Waals surface area contributed by atoms with E-state index >= 15 is 0 Å². The van der Waals surface area contributed by atoms with Gasteiger partial charge in [-0.2, -0.15) is 0 Å². The number of pyridine rings is 1. The molecule has 20 heavy (non-hydrogen) atoms. The van der Waals surface area contributed by atoms with Gasteiger partial charge < -0.3 is 4.74 Å². The lowest BCUT2D eigenvalue weighted by Crippen LogP contribution is -1.91. The van der Waals surface area contributed by atoms with Crippen molar-refractivity contribution < 1.29 is 4.74 Å². The minimum Gasteiger partial charge on any atom is -0.480 e. The van der Waals surface area contributed by atoms with Gasteiger partial charge in [0.05, 0.1) is 12.8 Å². The Labute approximate surface area is 125 Å². The number of hydrogen-bond acceptors (Lipinski definition) is 4. The number of ether oxygens (including phenoxy) is 1. The summed E-state index contributed by atoms with van der Waals surface area (Å²) in [6, 6.07) is 9.86. The number of aromatic nitrogens is 2. The standard InChI is InChI=1S/C15H10ClN2OS/c1-19-15-13(16)6-10(7-17-15)11-4-2-3-5-12(11)14-8-20-9-18-14/h2-8H,1H3. The summed E-state index contributed by atoms with van der Waals surface area (Å²) in [6.07, 6.45) is 1.75. The van der Waals surface area contributed by atoms with E-state index in [-0.39, 0.29) is 0 Å². The van der Waals surface area contributed by atoms with E-state index in [1.165, 1.54) is 11.3 Å². The van der Waals surface area contributed by atoms with Gasteiger partial charge in [-0.3, -0.25) is 0 Å². The summed E-state index contributed by atoms with van der Waals surface area (Å²) in [5.41, 5.74) is 6.76. The molecule has 0 aliphatic heterocycles. The van der Waals surface area contributed by atoms with Gasteiger partial charge in [-0.15, -0.1) is 11.3 Å². The summed E-state index contributed by atoms with van der Waals surface area (Å²) in [6.45, 7) is 0. The maximum Gasteiger partial charge on any atom is 0.232 e. The van der Waals surface area contributed by atoms with Gasteiger partial charge in [-0.25, -0.2) is 9.97 Å². The van der Waals surface area contributed by atoms with Gasteiger partial charge in [-0.05, 0) is 11.6 Å². The lowest BCUT2D eigenvalue weighted by atomic mass is 9.99. The van der Waals surface area contributed by atoms with Crippen LogP contribution >= 0.6 is 22.9 Å². The molecule has 3 nitrogen and oxygen atoms in total. The lowest BCUT2D eigenvalue weighted by Gasteiger charge is -2.09. The molecule has 0 saturated heterocycles. The van der Waals surface area contributed by atoms with E-state index in [1.807, 2.05) is 35.7 Å². The molecule has 0 fully saturated rings. The zero-order valence-electron chi connectivity index (χ0n) is 10.6. The highest BCUT2D eigenvalue weighted by Gasteiger charge is 2.11. The summed E-state index contributed by atoms with van der Waals surface area (Å²) in [4.78, 5) is 8.46. The average molecular weight is 302 g/mol. The van der Waals surface area contributed by atoms with Crippen molar-refractivity contribution in [2.45, 2.75) is 0 Å². The molecule has 0 N–H and O–H groups in total. The maximum absolute atomic E-state index is 6.15. The molecular weight excluding hydrogens is 292 g/mol. The second-order valence-electron chi connectivity index (χ2n) is 4.08. The number of rotatable bonds is 3. The van der Waals surface area contributed by atoms with Gasteiger partial charge in [0.1, 0.15) is 5.02 Å². The zero-order chi connectivity index (χ0) is 13.9. The third-order valence-electron chi connectivity index (χ3n) is 2.90. The van der Waals surface area contributed by atoms with E-state index < -0.39 is 0 Å². The summed E-state index contributed by atoms with van der Waals surface area (Å²) in [5, 5.41) is 2.46. The van der Waals surface area contributed by atoms with Crippen molar-refractivity contribution in [1.82, 2.24) is 9.97 Å². The van der Waals surface area contributed by atoms with Crippen molar-refractivity contribution >= 4 is 22.9 Å². The highest BCUT2D eigenvalue weighted by molar-refractivity contribution is 7.07. The Morgan fingerprint density at radius 1 is 1.25 bits per heavy atom. The third kappa shape index (κ3) is 2.40. The number of nitrogens with zero attached hydrogens (tertiary/aromatic N) is 2. The van der Waals surface area contributed by atoms with Crippen LogP contribution in [-0.4, -0.2) is 17.1 Å². The first-order valence-corrected chi connectivity index (χ1v) is 7.16. The summed E-state index contributed by atoms with van der Waals surface area (Å²) >= 11 is 7.60. The molecule has 3 aromatic rings. The van der Waals surface area contributed by atoms with Crippen molar-refractivity contribution in [3.63, 3.8) is 0 Å². The molecule has 2 aromatic heterocycles. The summed E-state index contributed by atoms with van der Waals surface area (Å²) in [5.74, 6) is 0.426. The monoisotopic (exact) mass is 301 g/mol. The Kier molecular flexibility index (Phi) is 3.67. The molecule has 0 bridgehead atoms. The topological polar surface area (TPSA) is 35.0 Å². The van der Waals surface area contributed by atoms with E-state index in [2.05, 4.69) is 15.5 Å². The SMILES string of the molecule is COc1ncc(-c2ccccc2-c2cs[c]n2)cc1Cl. The van der Waals surface area contributed by atoms with Gasteiger partial charge in [0.2, 0.25) is 5.88 Å². The van der Waals surface area contributed by atoms with Gasteiger partial charge in [0, 0.05) is 22.7 Å². The lowest BCUT2D eigenvalue weighted by molar-refractivity contribution is 0.398. The van der Waals surface area contributed by atoms with Crippen LogP contribution in [0.2, 0.25) is 5.02 Å². The Morgan fingerprint density at radius 3 is 2.70 bits per heavy atom. The molecule has 1 radical (unpaired) electrons. The number of halogens is 1. The predicted octanol–water partition coefficient (Wildman–Crippen LogP) is 4.33. The minimum atomic E-state index is 0.426. The molecule has 0 aliphatic carbocycles. The molecule has 2 heterocycles. The normalized spacial score (nSPS) is 10.5. The molecule has 0 spiro atoms. The zero-order valence-corrected chi connectivity index (χ0v) is 12.2. The van der Waals surface area contributed by atoms with E-state index in [9.17, 15) is 0 Å². The third-order valence-corrected chi connectivity index (χ3v) is 3.71. The number of benzene rings is 1. The van der Waals surface area contributed by atoms with Crippen LogP contribution in [0.1, 0.15) is 0 Å². The van der Waals surface area contributed by atoms with Gasteiger partial charge >= 0.3 is 0 Å². The first kappa shape index (κ1) is 13.1. The minimum absolute atomic E-state index is 0.426.